The molecule has 4 atom stereocenters. The van der Waals surface area contributed by atoms with Crippen molar-refractivity contribution < 1.29 is 28.9 Å². The number of likely N-dealkylation sites (N-methyl/N-ethyl adjacent to an activating group) is 1. The van der Waals surface area contributed by atoms with Gasteiger partial charge in [0.1, 0.15) is 31.1 Å². The Hall–Kier alpha value is -1.67. The first-order chi connectivity index (χ1) is 9.52. The van der Waals surface area contributed by atoms with Crippen molar-refractivity contribution >= 4 is 18.0 Å². The van der Waals surface area contributed by atoms with Crippen LogP contribution in [-0.2, 0) is 0 Å². The fourth-order valence-corrected chi connectivity index (χ4v) is 3.67. The van der Waals surface area contributed by atoms with Crippen LogP contribution in [0, 0.1) is 5.92 Å². The summed E-state index contributed by atoms with van der Waals surface area (Å²) in [7, 11) is 0. The Balaban J connectivity index is 2.52. The van der Waals surface area contributed by atoms with Gasteiger partial charge in [0.25, 0.3) is 0 Å². The van der Waals surface area contributed by atoms with Crippen LogP contribution in [0.2, 0.25) is 0 Å². The van der Waals surface area contributed by atoms with Crippen molar-refractivity contribution in [2.75, 3.05) is 19.6 Å². The van der Waals surface area contributed by atoms with Crippen molar-refractivity contribution in [1.82, 2.24) is 0 Å². The minimum atomic E-state index is -1.08. The summed E-state index contributed by atoms with van der Waals surface area (Å²) in [4.78, 5) is 23.6. The Morgan fingerprint density at radius 2 is 1.86 bits per heavy atom. The van der Waals surface area contributed by atoms with Gasteiger partial charge in [0.05, 0.1) is 0 Å². The Bertz CT molecular complexity index is 527. The maximum Gasteiger partial charge on any atom is 0.541 e. The molecule has 0 aromatic heterocycles. The third-order valence-corrected chi connectivity index (χ3v) is 5.16. The fraction of sp³-hybridized carbons (Fsp3) is 0.769. The molecular formula is C13H24N4O4+2. The van der Waals surface area contributed by atoms with E-state index in [1.807, 2.05) is 20.8 Å². The highest BCUT2D eigenvalue weighted by molar-refractivity contribution is 5.86. The molecule has 0 aromatic rings. The van der Waals surface area contributed by atoms with Crippen LogP contribution in [0.15, 0.2) is 5.10 Å². The second-order valence-corrected chi connectivity index (χ2v) is 6.91. The van der Waals surface area contributed by atoms with E-state index in [0.29, 0.717) is 0 Å². The first kappa shape index (κ1) is 15.7. The highest BCUT2D eigenvalue weighted by Gasteiger charge is 2.69. The summed E-state index contributed by atoms with van der Waals surface area (Å²) in [5.41, 5.74) is 5.40. The predicted molar refractivity (Wildman–Crippen MR) is 75.5 cm³/mol. The lowest BCUT2D eigenvalue weighted by molar-refractivity contribution is -0.930. The topological polar surface area (TPSA) is 113 Å². The molecule has 8 nitrogen and oxygen atoms in total. The van der Waals surface area contributed by atoms with E-state index in [2.05, 4.69) is 5.10 Å². The number of nitrogens with zero attached hydrogens (tertiary/aromatic N) is 3. The lowest BCUT2D eigenvalue weighted by atomic mass is 10.0. The van der Waals surface area contributed by atoms with Gasteiger partial charge in [0.2, 0.25) is 0 Å². The van der Waals surface area contributed by atoms with E-state index in [1.165, 1.54) is 0 Å². The number of fused-ring (bicyclic) bond motifs is 1. The zero-order valence-corrected chi connectivity index (χ0v) is 12.9. The summed E-state index contributed by atoms with van der Waals surface area (Å²) in [5, 5.41) is 23.5. The summed E-state index contributed by atoms with van der Waals surface area (Å²) in [6.07, 6.45) is -2.02. The summed E-state index contributed by atoms with van der Waals surface area (Å²) < 4.78 is -0.703. The molecule has 1 saturated heterocycles. The molecule has 0 aromatic carbocycles. The van der Waals surface area contributed by atoms with E-state index >= 15 is 0 Å². The Morgan fingerprint density at radius 1 is 1.29 bits per heavy atom. The summed E-state index contributed by atoms with van der Waals surface area (Å²) in [6, 6.07) is -0.428. The molecule has 8 heteroatoms. The highest BCUT2D eigenvalue weighted by atomic mass is 16.4. The number of nitrogens with two attached hydrogens (primary N) is 1. The van der Waals surface area contributed by atoms with E-state index < -0.39 is 28.4 Å². The lowest BCUT2D eigenvalue weighted by Crippen LogP contribution is -2.64. The Morgan fingerprint density at radius 3 is 2.24 bits per heavy atom. The van der Waals surface area contributed by atoms with E-state index in [-0.39, 0.29) is 35.9 Å². The smallest absolute Gasteiger partial charge is 0.435 e. The van der Waals surface area contributed by atoms with Gasteiger partial charge >= 0.3 is 12.2 Å². The van der Waals surface area contributed by atoms with E-state index in [9.17, 15) is 19.8 Å². The Kier molecular flexibility index (Phi) is 3.30. The zero-order chi connectivity index (χ0) is 16.2. The number of amides is 2. The molecule has 118 valence electrons. The SMILES string of the molecule is CC[N+]1(C(=O)O)N=C(N)C2C[N+](C(=O)O)(C(C)(C)C)CC21. The number of hydrogen-bond acceptors (Lipinski definition) is 4. The molecule has 0 bridgehead atoms. The first-order valence-electron chi connectivity index (χ1n) is 7.09. The van der Waals surface area contributed by atoms with Crippen molar-refractivity contribution in [3.8, 4) is 0 Å². The normalized spacial score (nSPS) is 39.0. The third kappa shape index (κ3) is 1.86. The van der Waals surface area contributed by atoms with Crippen molar-refractivity contribution in [3.63, 3.8) is 0 Å². The van der Waals surface area contributed by atoms with Crippen molar-refractivity contribution in [1.29, 1.82) is 0 Å². The minimum absolute atomic E-state index is 0.189. The van der Waals surface area contributed by atoms with Crippen LogP contribution in [0.4, 0.5) is 9.59 Å². The third-order valence-electron chi connectivity index (χ3n) is 5.16. The van der Waals surface area contributed by atoms with Crippen molar-refractivity contribution in [2.45, 2.75) is 39.3 Å². The van der Waals surface area contributed by atoms with Gasteiger partial charge in [0, 0.05) is 0 Å². The number of hydrogen-bond donors (Lipinski definition) is 3. The number of amidine groups is 1. The highest BCUT2D eigenvalue weighted by Crippen LogP contribution is 2.42. The van der Waals surface area contributed by atoms with Crippen LogP contribution in [0.3, 0.4) is 0 Å². The van der Waals surface area contributed by atoms with Crippen molar-refractivity contribution in [3.05, 3.63) is 0 Å². The fourth-order valence-electron chi connectivity index (χ4n) is 3.67. The van der Waals surface area contributed by atoms with Crippen LogP contribution >= 0.6 is 0 Å². The molecule has 2 heterocycles. The molecule has 2 rings (SSSR count). The molecule has 21 heavy (non-hydrogen) atoms. The van der Waals surface area contributed by atoms with E-state index in [0.717, 1.165) is 0 Å². The standard InChI is InChI=1S/C13H22N4O4/c1-5-17(12(20)21)9-7-16(11(18)19,13(2,3)4)6-8(9)10(14)15-17/h8-9H,5-7H2,1-4H3,(H2-2,14,15,18,19,20,21)/p+2. The average molecular weight is 300 g/mol. The van der Waals surface area contributed by atoms with Gasteiger partial charge in [0.15, 0.2) is 11.9 Å². The van der Waals surface area contributed by atoms with Gasteiger partial charge in [-0.2, -0.15) is 9.59 Å². The molecule has 0 spiro atoms. The van der Waals surface area contributed by atoms with Gasteiger partial charge in [-0.3, -0.25) is 0 Å². The second kappa shape index (κ2) is 4.41. The van der Waals surface area contributed by atoms with Gasteiger partial charge in [-0.15, -0.1) is 0 Å². The number of carbonyl (C=O) groups is 2. The van der Waals surface area contributed by atoms with Gasteiger partial charge in [-0.25, -0.2) is 4.48 Å². The maximum absolute atomic E-state index is 11.9. The number of carboxylic acid groups (broad SMARTS) is 2. The number of rotatable bonds is 1. The maximum atomic E-state index is 11.9. The summed E-state index contributed by atoms with van der Waals surface area (Å²) in [5.74, 6) is -0.0499. The molecule has 1 fully saturated rings. The molecule has 2 amide bonds. The predicted octanol–water partition coefficient (Wildman–Crippen LogP) is 1.08. The zero-order valence-electron chi connectivity index (χ0n) is 12.9. The minimum Gasteiger partial charge on any atom is -0.435 e. The first-order valence-corrected chi connectivity index (χ1v) is 7.09. The van der Waals surface area contributed by atoms with Crippen molar-refractivity contribution in [2.24, 2.45) is 16.8 Å². The lowest BCUT2D eigenvalue weighted by Gasteiger charge is -2.40. The molecule has 0 aliphatic carbocycles. The number of likely N-dealkylation sites (tertiary alicyclic amines) is 1. The van der Waals surface area contributed by atoms with Gasteiger partial charge in [-0.1, -0.05) is 9.69 Å². The molecular weight excluding hydrogens is 276 g/mol. The quantitative estimate of drug-likeness (QED) is 0.627. The molecule has 0 radical (unpaired) electrons. The monoisotopic (exact) mass is 300 g/mol. The average Bonchev–Trinajstić information content (AvgIpc) is 2.86. The van der Waals surface area contributed by atoms with Crippen LogP contribution < -0.4 is 5.73 Å². The van der Waals surface area contributed by atoms with Crippen LogP contribution in [0.5, 0.6) is 0 Å². The second-order valence-electron chi connectivity index (χ2n) is 6.91. The van der Waals surface area contributed by atoms with Crippen LogP contribution in [0.1, 0.15) is 27.7 Å². The summed E-state index contributed by atoms with van der Waals surface area (Å²) >= 11 is 0. The van der Waals surface area contributed by atoms with Gasteiger partial charge < -0.3 is 15.9 Å². The molecule has 2 aliphatic rings. The molecule has 0 saturated carbocycles. The van der Waals surface area contributed by atoms with E-state index in [4.69, 9.17) is 5.73 Å². The molecule has 4 N–H and O–H groups in total. The van der Waals surface area contributed by atoms with Gasteiger partial charge in [-0.05, 0) is 27.7 Å². The summed E-state index contributed by atoms with van der Waals surface area (Å²) in [6.45, 7) is 8.06. The van der Waals surface area contributed by atoms with E-state index in [1.54, 1.807) is 6.92 Å². The largest absolute Gasteiger partial charge is 0.541 e. The molecule has 2 aliphatic heterocycles. The van der Waals surface area contributed by atoms with Crippen LogP contribution in [0.25, 0.3) is 0 Å². The van der Waals surface area contributed by atoms with Crippen LogP contribution in [-0.4, -0.2) is 68.5 Å². The number of quaternary nitrogens is 2. The Labute approximate surface area is 123 Å². The molecule has 4 unspecified atom stereocenters.